The fraction of sp³-hybridized carbons (Fsp3) is 0.130. The number of amides is 2. The molecule has 3 aromatic rings. The van der Waals surface area contributed by atoms with E-state index >= 15 is 0 Å². The van der Waals surface area contributed by atoms with Crippen LogP contribution in [0.15, 0.2) is 83.8 Å². The number of carbonyl (C=O) groups is 2. The smallest absolute Gasteiger partial charge is 0.268 e. The molecule has 7 nitrogen and oxygen atoms in total. The predicted octanol–water partition coefficient (Wildman–Crippen LogP) is 3.05. The van der Waals surface area contributed by atoms with Gasteiger partial charge in [-0.15, -0.1) is 0 Å². The number of sulfonamides is 1. The molecule has 0 saturated heterocycles. The van der Waals surface area contributed by atoms with Crippen LogP contribution in [0.3, 0.4) is 0 Å². The minimum absolute atomic E-state index is 0.163. The quantitative estimate of drug-likeness (QED) is 0.600. The van der Waals surface area contributed by atoms with Gasteiger partial charge in [0.25, 0.3) is 10.0 Å². The van der Waals surface area contributed by atoms with Gasteiger partial charge < -0.3 is 10.6 Å². The summed E-state index contributed by atoms with van der Waals surface area (Å²) in [4.78, 5) is 24.9. The van der Waals surface area contributed by atoms with Gasteiger partial charge in [-0.1, -0.05) is 54.6 Å². The Bertz CT molecular complexity index is 1260. The standard InChI is InChI=1S/C23H20FN3O4S/c24-17-10-4-7-13-21(17)32(30,31)27-19-12-6-5-11-18(19)26-23(29)20(27)14-22(28)25-15-16-8-2-1-3-9-16/h1-13,20H,14-15H2,(H,25,28)(H,26,29)/t20-/m1/s1. The Morgan fingerprint density at radius 3 is 2.38 bits per heavy atom. The molecule has 32 heavy (non-hydrogen) atoms. The molecule has 1 aliphatic rings. The zero-order valence-corrected chi connectivity index (χ0v) is 17.7. The second-order valence-electron chi connectivity index (χ2n) is 7.22. The van der Waals surface area contributed by atoms with Crippen molar-refractivity contribution in [1.29, 1.82) is 0 Å². The van der Waals surface area contributed by atoms with E-state index < -0.39 is 45.0 Å². The summed E-state index contributed by atoms with van der Waals surface area (Å²) in [6.07, 6.45) is -0.430. The van der Waals surface area contributed by atoms with E-state index in [0.717, 1.165) is 22.0 Å². The Hall–Kier alpha value is -3.72. The fourth-order valence-electron chi connectivity index (χ4n) is 3.54. The molecule has 1 atom stereocenters. The number of rotatable bonds is 6. The lowest BCUT2D eigenvalue weighted by atomic mass is 10.1. The third kappa shape index (κ3) is 4.19. The van der Waals surface area contributed by atoms with E-state index in [1.165, 1.54) is 18.2 Å². The van der Waals surface area contributed by atoms with Gasteiger partial charge in [-0.25, -0.2) is 12.8 Å². The van der Waals surface area contributed by atoms with Crippen LogP contribution in [-0.4, -0.2) is 26.3 Å². The molecule has 0 saturated carbocycles. The molecule has 0 aliphatic carbocycles. The van der Waals surface area contributed by atoms with Crippen LogP contribution in [-0.2, 0) is 26.2 Å². The number of nitrogens with zero attached hydrogens (tertiary/aromatic N) is 1. The number of hydrogen-bond donors (Lipinski definition) is 2. The van der Waals surface area contributed by atoms with Crippen LogP contribution >= 0.6 is 0 Å². The largest absolute Gasteiger partial charge is 0.352 e. The summed E-state index contributed by atoms with van der Waals surface area (Å²) in [6.45, 7) is 0.227. The topological polar surface area (TPSA) is 95.6 Å². The van der Waals surface area contributed by atoms with Gasteiger partial charge in [0.05, 0.1) is 17.8 Å². The van der Waals surface area contributed by atoms with Crippen molar-refractivity contribution in [3.05, 3.63) is 90.2 Å². The highest BCUT2D eigenvalue weighted by atomic mass is 32.2. The predicted molar refractivity (Wildman–Crippen MR) is 118 cm³/mol. The Morgan fingerprint density at radius 2 is 1.62 bits per heavy atom. The van der Waals surface area contributed by atoms with E-state index in [9.17, 15) is 22.4 Å². The number of anilines is 2. The lowest BCUT2D eigenvalue weighted by molar-refractivity contribution is -0.125. The molecule has 2 amide bonds. The zero-order valence-electron chi connectivity index (χ0n) is 16.9. The Labute approximate surface area is 184 Å². The maximum Gasteiger partial charge on any atom is 0.268 e. The first kappa shape index (κ1) is 21.5. The number of nitrogens with one attached hydrogen (secondary N) is 2. The van der Waals surface area contributed by atoms with Crippen LogP contribution in [0.4, 0.5) is 15.8 Å². The van der Waals surface area contributed by atoms with Crippen molar-refractivity contribution in [2.75, 3.05) is 9.62 Å². The number of hydrogen-bond acceptors (Lipinski definition) is 4. The van der Waals surface area contributed by atoms with Crippen LogP contribution in [0.2, 0.25) is 0 Å². The summed E-state index contributed by atoms with van der Waals surface area (Å²) in [6, 6.07) is 19.0. The second kappa shape index (κ2) is 8.80. The van der Waals surface area contributed by atoms with Crippen molar-refractivity contribution in [1.82, 2.24) is 5.32 Å². The normalized spacial score (nSPS) is 15.6. The van der Waals surface area contributed by atoms with E-state index in [2.05, 4.69) is 10.6 Å². The van der Waals surface area contributed by atoms with Gasteiger partial charge in [0.2, 0.25) is 11.8 Å². The number of benzene rings is 3. The van der Waals surface area contributed by atoms with Gasteiger partial charge in [-0.2, -0.15) is 0 Å². The first-order valence-electron chi connectivity index (χ1n) is 9.87. The van der Waals surface area contributed by atoms with Crippen LogP contribution in [0.1, 0.15) is 12.0 Å². The fourth-order valence-corrected chi connectivity index (χ4v) is 5.24. The van der Waals surface area contributed by atoms with Crippen molar-refractivity contribution in [3.8, 4) is 0 Å². The molecule has 4 rings (SSSR count). The Kier molecular flexibility index (Phi) is 5.91. The van der Waals surface area contributed by atoms with E-state index in [-0.39, 0.29) is 17.9 Å². The molecule has 9 heteroatoms. The first-order valence-corrected chi connectivity index (χ1v) is 11.3. The van der Waals surface area contributed by atoms with Crippen molar-refractivity contribution >= 4 is 33.2 Å². The van der Waals surface area contributed by atoms with Crippen molar-refractivity contribution in [2.45, 2.75) is 23.9 Å². The maximum absolute atomic E-state index is 14.4. The van der Waals surface area contributed by atoms with E-state index in [1.54, 1.807) is 18.2 Å². The SMILES string of the molecule is O=C(C[C@@H]1C(=O)Nc2ccccc2N1S(=O)(=O)c1ccccc1F)NCc1ccccc1. The highest BCUT2D eigenvalue weighted by Gasteiger charge is 2.42. The van der Waals surface area contributed by atoms with Gasteiger partial charge in [0.15, 0.2) is 0 Å². The summed E-state index contributed by atoms with van der Waals surface area (Å²) in [5.41, 5.74) is 1.28. The highest BCUT2D eigenvalue weighted by Crippen LogP contribution is 2.37. The Balaban J connectivity index is 1.68. The Morgan fingerprint density at radius 1 is 0.969 bits per heavy atom. The molecule has 0 bridgehead atoms. The van der Waals surface area contributed by atoms with E-state index in [1.807, 2.05) is 30.3 Å². The van der Waals surface area contributed by atoms with Gasteiger partial charge in [-0.3, -0.25) is 13.9 Å². The van der Waals surface area contributed by atoms with Crippen molar-refractivity contribution in [3.63, 3.8) is 0 Å². The third-order valence-electron chi connectivity index (χ3n) is 5.07. The zero-order chi connectivity index (χ0) is 22.7. The number of para-hydroxylation sites is 2. The molecule has 0 unspecified atom stereocenters. The minimum atomic E-state index is -4.48. The molecule has 0 spiro atoms. The molecule has 0 aromatic heterocycles. The second-order valence-corrected chi connectivity index (χ2v) is 9.00. The molecule has 3 aromatic carbocycles. The van der Waals surface area contributed by atoms with Gasteiger partial charge >= 0.3 is 0 Å². The number of carbonyl (C=O) groups excluding carboxylic acids is 2. The van der Waals surface area contributed by atoms with Crippen molar-refractivity contribution in [2.24, 2.45) is 0 Å². The summed E-state index contributed by atoms with van der Waals surface area (Å²) < 4.78 is 42.2. The van der Waals surface area contributed by atoms with Gasteiger partial charge in [0, 0.05) is 6.54 Å². The van der Waals surface area contributed by atoms with Gasteiger partial charge in [-0.05, 0) is 29.8 Å². The van der Waals surface area contributed by atoms with E-state index in [0.29, 0.717) is 0 Å². The molecular formula is C23H20FN3O4S. The average molecular weight is 453 g/mol. The maximum atomic E-state index is 14.4. The number of fused-ring (bicyclic) bond motifs is 1. The third-order valence-corrected chi connectivity index (χ3v) is 6.93. The van der Waals surface area contributed by atoms with Crippen LogP contribution in [0.5, 0.6) is 0 Å². The van der Waals surface area contributed by atoms with Crippen molar-refractivity contribution < 1.29 is 22.4 Å². The van der Waals surface area contributed by atoms with Crippen LogP contribution in [0.25, 0.3) is 0 Å². The molecule has 1 aliphatic heterocycles. The average Bonchev–Trinajstić information content (AvgIpc) is 2.79. The summed E-state index contributed by atoms with van der Waals surface area (Å²) in [7, 11) is -4.48. The lowest BCUT2D eigenvalue weighted by Crippen LogP contribution is -2.52. The monoisotopic (exact) mass is 453 g/mol. The highest BCUT2D eigenvalue weighted by molar-refractivity contribution is 7.93. The summed E-state index contributed by atoms with van der Waals surface area (Å²) in [5, 5.41) is 5.34. The van der Waals surface area contributed by atoms with Crippen LogP contribution < -0.4 is 14.9 Å². The van der Waals surface area contributed by atoms with Crippen LogP contribution in [0, 0.1) is 5.82 Å². The van der Waals surface area contributed by atoms with E-state index in [4.69, 9.17) is 0 Å². The molecule has 0 fully saturated rings. The molecular weight excluding hydrogens is 433 g/mol. The van der Waals surface area contributed by atoms with Gasteiger partial charge in [0.1, 0.15) is 16.8 Å². The summed E-state index contributed by atoms with van der Waals surface area (Å²) in [5.74, 6) is -2.12. The molecule has 2 N–H and O–H groups in total. The molecule has 0 radical (unpaired) electrons. The number of halogens is 1. The summed E-state index contributed by atoms with van der Waals surface area (Å²) >= 11 is 0. The molecule has 1 heterocycles. The molecule has 164 valence electrons. The first-order chi connectivity index (χ1) is 15.4. The minimum Gasteiger partial charge on any atom is -0.352 e. The lowest BCUT2D eigenvalue weighted by Gasteiger charge is -2.36.